The summed E-state index contributed by atoms with van der Waals surface area (Å²) in [5.74, 6) is 1.07. The zero-order valence-corrected chi connectivity index (χ0v) is 13.0. The summed E-state index contributed by atoms with van der Waals surface area (Å²) in [4.78, 5) is 15.8. The average Bonchev–Trinajstić information content (AvgIpc) is 2.67. The number of hydrogen-bond acceptors (Lipinski definition) is 4. The molecular formula is C17H22N4. The van der Waals surface area contributed by atoms with Crippen LogP contribution >= 0.6 is 0 Å². The molecule has 1 saturated heterocycles. The number of rotatable bonds is 1. The molecule has 2 fully saturated rings. The SMILES string of the molecule is CC1(C)CC2CC(C)(CN2c2ncnc3ncccc23)C1. The van der Waals surface area contributed by atoms with E-state index in [1.807, 2.05) is 6.07 Å². The van der Waals surface area contributed by atoms with E-state index in [2.05, 4.69) is 46.7 Å². The molecule has 110 valence electrons. The van der Waals surface area contributed by atoms with Gasteiger partial charge in [0.2, 0.25) is 0 Å². The summed E-state index contributed by atoms with van der Waals surface area (Å²) >= 11 is 0. The van der Waals surface area contributed by atoms with Gasteiger partial charge < -0.3 is 4.90 Å². The Balaban J connectivity index is 1.80. The molecule has 0 N–H and O–H groups in total. The molecule has 1 saturated carbocycles. The molecule has 4 nitrogen and oxygen atoms in total. The van der Waals surface area contributed by atoms with Gasteiger partial charge in [-0.15, -0.1) is 0 Å². The first-order valence-corrected chi connectivity index (χ1v) is 7.78. The van der Waals surface area contributed by atoms with Crippen LogP contribution in [0.5, 0.6) is 0 Å². The van der Waals surface area contributed by atoms with Crippen molar-refractivity contribution in [1.82, 2.24) is 15.0 Å². The van der Waals surface area contributed by atoms with Gasteiger partial charge in [0.05, 0.1) is 5.39 Å². The highest BCUT2D eigenvalue weighted by molar-refractivity contribution is 5.86. The van der Waals surface area contributed by atoms with Crippen LogP contribution in [0.25, 0.3) is 11.0 Å². The minimum absolute atomic E-state index is 0.409. The van der Waals surface area contributed by atoms with Crippen molar-refractivity contribution in [2.24, 2.45) is 10.8 Å². The van der Waals surface area contributed by atoms with E-state index in [-0.39, 0.29) is 0 Å². The van der Waals surface area contributed by atoms with E-state index in [9.17, 15) is 0 Å². The summed E-state index contributed by atoms with van der Waals surface area (Å²) < 4.78 is 0. The van der Waals surface area contributed by atoms with Crippen LogP contribution in [0, 0.1) is 10.8 Å². The van der Waals surface area contributed by atoms with E-state index >= 15 is 0 Å². The van der Waals surface area contributed by atoms with Crippen LogP contribution in [-0.4, -0.2) is 27.5 Å². The van der Waals surface area contributed by atoms with Gasteiger partial charge in [-0.25, -0.2) is 15.0 Å². The summed E-state index contributed by atoms with van der Waals surface area (Å²) in [5, 5.41) is 1.08. The third-order valence-electron chi connectivity index (χ3n) is 5.07. The van der Waals surface area contributed by atoms with Crippen LogP contribution in [0.3, 0.4) is 0 Å². The van der Waals surface area contributed by atoms with Gasteiger partial charge in [0.15, 0.2) is 5.65 Å². The highest BCUT2D eigenvalue weighted by atomic mass is 15.3. The molecule has 4 rings (SSSR count). The fourth-order valence-electron chi connectivity index (χ4n) is 4.82. The van der Waals surface area contributed by atoms with Gasteiger partial charge in [0.25, 0.3) is 0 Å². The molecule has 4 heteroatoms. The number of fused-ring (bicyclic) bond motifs is 3. The van der Waals surface area contributed by atoms with Crippen molar-refractivity contribution in [3.63, 3.8) is 0 Å². The third kappa shape index (κ3) is 2.08. The molecular weight excluding hydrogens is 260 g/mol. The third-order valence-corrected chi connectivity index (χ3v) is 5.07. The molecule has 2 bridgehead atoms. The Hall–Kier alpha value is -1.71. The van der Waals surface area contributed by atoms with Crippen molar-refractivity contribution in [3.8, 4) is 0 Å². The largest absolute Gasteiger partial charge is 0.352 e. The molecule has 0 spiro atoms. The van der Waals surface area contributed by atoms with E-state index in [0.717, 1.165) is 23.4 Å². The minimum atomic E-state index is 0.409. The Kier molecular flexibility index (Phi) is 2.57. The van der Waals surface area contributed by atoms with Crippen LogP contribution in [0.1, 0.15) is 40.0 Å². The van der Waals surface area contributed by atoms with E-state index in [1.54, 1.807) is 12.5 Å². The highest BCUT2D eigenvalue weighted by Gasteiger charge is 2.50. The first-order chi connectivity index (χ1) is 9.96. The average molecular weight is 282 g/mol. The lowest BCUT2D eigenvalue weighted by molar-refractivity contribution is 0.136. The molecule has 0 amide bonds. The normalized spacial score (nSPS) is 30.8. The Morgan fingerprint density at radius 2 is 2.00 bits per heavy atom. The molecule has 0 radical (unpaired) electrons. The molecule has 21 heavy (non-hydrogen) atoms. The van der Waals surface area contributed by atoms with Crippen LogP contribution < -0.4 is 4.90 Å². The predicted molar refractivity (Wildman–Crippen MR) is 84.2 cm³/mol. The van der Waals surface area contributed by atoms with Gasteiger partial charge in [0.1, 0.15) is 12.1 Å². The van der Waals surface area contributed by atoms with Crippen LogP contribution in [0.15, 0.2) is 24.7 Å². The minimum Gasteiger partial charge on any atom is -0.352 e. The lowest BCUT2D eigenvalue weighted by atomic mass is 9.65. The van der Waals surface area contributed by atoms with Crippen molar-refractivity contribution in [2.75, 3.05) is 11.4 Å². The van der Waals surface area contributed by atoms with Gasteiger partial charge in [-0.3, -0.25) is 0 Å². The van der Waals surface area contributed by atoms with Crippen molar-refractivity contribution in [3.05, 3.63) is 24.7 Å². The van der Waals surface area contributed by atoms with Gasteiger partial charge in [0, 0.05) is 18.8 Å². The van der Waals surface area contributed by atoms with Gasteiger partial charge in [-0.1, -0.05) is 20.8 Å². The van der Waals surface area contributed by atoms with Gasteiger partial charge >= 0.3 is 0 Å². The molecule has 2 unspecified atom stereocenters. The number of anilines is 1. The molecule has 2 aromatic heterocycles. The molecule has 0 aromatic carbocycles. The first kappa shape index (κ1) is 13.0. The Morgan fingerprint density at radius 1 is 1.14 bits per heavy atom. The van der Waals surface area contributed by atoms with E-state index in [1.165, 1.54) is 19.3 Å². The second-order valence-electron chi connectivity index (χ2n) is 7.91. The fraction of sp³-hybridized carbons (Fsp3) is 0.588. The molecule has 1 aliphatic carbocycles. The van der Waals surface area contributed by atoms with Gasteiger partial charge in [-0.05, 0) is 42.2 Å². The van der Waals surface area contributed by atoms with Crippen LogP contribution in [0.4, 0.5) is 5.82 Å². The number of hydrogen-bond donors (Lipinski definition) is 0. The lowest BCUT2D eigenvalue weighted by Crippen LogP contribution is -2.35. The van der Waals surface area contributed by atoms with Crippen molar-refractivity contribution in [2.45, 2.75) is 46.1 Å². The maximum absolute atomic E-state index is 4.60. The molecule has 2 aliphatic rings. The number of aromatic nitrogens is 3. The number of pyridine rings is 1. The predicted octanol–water partition coefficient (Wildman–Crippen LogP) is 3.43. The zero-order valence-electron chi connectivity index (χ0n) is 13.0. The highest BCUT2D eigenvalue weighted by Crippen LogP contribution is 2.53. The number of nitrogens with zero attached hydrogens (tertiary/aromatic N) is 4. The standard InChI is InChI=1S/C17H22N4/c1-16(2)7-12-8-17(3,9-16)10-21(12)15-13-5-4-6-18-14(13)19-11-20-15/h4-6,11-12H,7-10H2,1-3H3. The molecule has 2 aromatic rings. The van der Waals surface area contributed by atoms with Crippen molar-refractivity contribution in [1.29, 1.82) is 0 Å². The summed E-state index contributed by atoms with van der Waals surface area (Å²) in [6, 6.07) is 4.66. The van der Waals surface area contributed by atoms with Crippen LogP contribution in [0.2, 0.25) is 0 Å². The lowest BCUT2D eigenvalue weighted by Gasteiger charge is -2.39. The van der Waals surface area contributed by atoms with Crippen molar-refractivity contribution >= 4 is 16.9 Å². The van der Waals surface area contributed by atoms with Gasteiger partial charge in [-0.2, -0.15) is 0 Å². The summed E-state index contributed by atoms with van der Waals surface area (Å²) in [6.07, 6.45) is 7.27. The second kappa shape index (κ2) is 4.15. The Bertz CT molecular complexity index is 691. The monoisotopic (exact) mass is 282 g/mol. The second-order valence-corrected chi connectivity index (χ2v) is 7.91. The summed E-state index contributed by atoms with van der Waals surface area (Å²) in [5.41, 5.74) is 1.63. The van der Waals surface area contributed by atoms with Crippen molar-refractivity contribution < 1.29 is 0 Å². The Labute approximate surface area is 125 Å². The molecule has 3 heterocycles. The molecule has 1 aliphatic heterocycles. The van der Waals surface area contributed by atoms with E-state index in [0.29, 0.717) is 16.9 Å². The smallest absolute Gasteiger partial charge is 0.164 e. The fourth-order valence-corrected chi connectivity index (χ4v) is 4.82. The maximum atomic E-state index is 4.60. The Morgan fingerprint density at radius 3 is 2.86 bits per heavy atom. The zero-order chi connectivity index (χ0) is 14.7. The summed E-state index contributed by atoms with van der Waals surface area (Å²) in [6.45, 7) is 8.34. The molecule has 2 atom stereocenters. The van der Waals surface area contributed by atoms with E-state index < -0.39 is 0 Å². The first-order valence-electron chi connectivity index (χ1n) is 7.78. The van der Waals surface area contributed by atoms with Crippen LogP contribution in [-0.2, 0) is 0 Å². The maximum Gasteiger partial charge on any atom is 0.164 e. The summed E-state index contributed by atoms with van der Waals surface area (Å²) in [7, 11) is 0. The van der Waals surface area contributed by atoms with E-state index in [4.69, 9.17) is 0 Å². The quantitative estimate of drug-likeness (QED) is 0.803. The topological polar surface area (TPSA) is 41.9 Å².